The molecule has 0 amide bonds. The van der Waals surface area contributed by atoms with E-state index in [1.165, 1.54) is 116 Å². The highest BCUT2D eigenvalue weighted by atomic mass is 15.4. The quantitative estimate of drug-likeness (QED) is 0.230. The molecule has 0 saturated heterocycles. The zero-order valence-corrected chi connectivity index (χ0v) is 18.4. The molecule has 1 aliphatic heterocycles. The van der Waals surface area contributed by atoms with Gasteiger partial charge < -0.3 is 9.80 Å². The van der Waals surface area contributed by atoms with Crippen molar-refractivity contribution in [2.75, 3.05) is 13.1 Å². The summed E-state index contributed by atoms with van der Waals surface area (Å²) in [5.41, 5.74) is 0. The number of unbranched alkanes of at least 4 members (excludes halogenated alkanes) is 12. The van der Waals surface area contributed by atoms with Crippen LogP contribution < -0.4 is 0 Å². The maximum atomic E-state index is 2.57. The minimum absolute atomic E-state index is 0.641. The van der Waals surface area contributed by atoms with Gasteiger partial charge in [0.25, 0.3) is 0 Å². The summed E-state index contributed by atoms with van der Waals surface area (Å²) in [6.45, 7) is 9.30. The smallest absolute Gasteiger partial charge is 0.101 e. The van der Waals surface area contributed by atoms with Crippen LogP contribution in [-0.4, -0.2) is 29.1 Å². The molecule has 2 heteroatoms. The van der Waals surface area contributed by atoms with Gasteiger partial charge in [0.05, 0.1) is 0 Å². The van der Waals surface area contributed by atoms with Crippen LogP contribution in [0.15, 0.2) is 12.4 Å². The molecular formula is C24H48N2. The minimum Gasteiger partial charge on any atom is -0.356 e. The topological polar surface area (TPSA) is 6.48 Å². The first-order chi connectivity index (χ1) is 12.8. The molecular weight excluding hydrogens is 316 g/mol. The second-order valence-corrected chi connectivity index (χ2v) is 8.29. The summed E-state index contributed by atoms with van der Waals surface area (Å²) >= 11 is 0. The number of hydrogen-bond acceptors (Lipinski definition) is 2. The maximum absolute atomic E-state index is 2.57. The summed E-state index contributed by atoms with van der Waals surface area (Å²) < 4.78 is 0. The fourth-order valence-corrected chi connectivity index (χ4v) is 4.20. The molecule has 2 nitrogen and oxygen atoms in total. The molecule has 0 bridgehead atoms. The molecule has 0 atom stereocenters. The first kappa shape index (κ1) is 23.4. The summed E-state index contributed by atoms with van der Waals surface area (Å²) in [6.07, 6.45) is 27.9. The molecule has 0 aromatic heterocycles. The highest BCUT2D eigenvalue weighted by molar-refractivity contribution is 4.96. The first-order valence-corrected chi connectivity index (χ1v) is 12.0. The van der Waals surface area contributed by atoms with Gasteiger partial charge in [-0.05, 0) is 25.7 Å². The lowest BCUT2D eigenvalue weighted by molar-refractivity contribution is 0.139. The van der Waals surface area contributed by atoms with Crippen molar-refractivity contribution in [1.82, 2.24) is 9.80 Å². The molecule has 154 valence electrons. The van der Waals surface area contributed by atoms with Crippen LogP contribution in [-0.2, 0) is 0 Å². The predicted octanol–water partition coefficient (Wildman–Crippen LogP) is 7.70. The Morgan fingerprint density at radius 1 is 0.500 bits per heavy atom. The normalized spacial score (nSPS) is 14.7. The molecule has 0 aliphatic carbocycles. The van der Waals surface area contributed by atoms with Crippen LogP contribution in [0.4, 0.5) is 0 Å². The summed E-state index contributed by atoms with van der Waals surface area (Å²) in [7, 11) is 0. The molecule has 0 aromatic carbocycles. The van der Waals surface area contributed by atoms with Crippen molar-refractivity contribution in [1.29, 1.82) is 0 Å². The summed E-state index contributed by atoms with van der Waals surface area (Å²) in [4.78, 5) is 5.13. The van der Waals surface area contributed by atoms with E-state index in [1.807, 2.05) is 0 Å². The minimum atomic E-state index is 0.641. The van der Waals surface area contributed by atoms with E-state index < -0.39 is 0 Å². The highest BCUT2D eigenvalue weighted by Crippen LogP contribution is 2.22. The van der Waals surface area contributed by atoms with Gasteiger partial charge in [0, 0.05) is 25.5 Å². The van der Waals surface area contributed by atoms with E-state index in [-0.39, 0.29) is 0 Å². The Bertz CT molecular complexity index is 310. The Hall–Kier alpha value is -0.660. The molecule has 1 aliphatic rings. The van der Waals surface area contributed by atoms with Gasteiger partial charge in [-0.2, -0.15) is 0 Å². The molecule has 0 N–H and O–H groups in total. The Morgan fingerprint density at radius 3 is 1.27 bits per heavy atom. The number of nitrogens with zero attached hydrogens (tertiary/aromatic N) is 2. The van der Waals surface area contributed by atoms with E-state index >= 15 is 0 Å². The third-order valence-corrected chi connectivity index (χ3v) is 5.74. The molecule has 1 rings (SSSR count). The van der Waals surface area contributed by atoms with Crippen molar-refractivity contribution in [3.63, 3.8) is 0 Å². The Balaban J connectivity index is 1.95. The van der Waals surface area contributed by atoms with Gasteiger partial charge in [-0.25, -0.2) is 0 Å². The predicted molar refractivity (Wildman–Crippen MR) is 117 cm³/mol. The molecule has 0 radical (unpaired) electrons. The molecule has 26 heavy (non-hydrogen) atoms. The van der Waals surface area contributed by atoms with E-state index in [0.29, 0.717) is 6.17 Å². The van der Waals surface area contributed by atoms with Gasteiger partial charge in [0.15, 0.2) is 0 Å². The zero-order valence-electron chi connectivity index (χ0n) is 18.4. The van der Waals surface area contributed by atoms with Gasteiger partial charge >= 0.3 is 0 Å². The van der Waals surface area contributed by atoms with Gasteiger partial charge in [0.2, 0.25) is 0 Å². The third kappa shape index (κ3) is 10.5. The molecule has 0 spiro atoms. The first-order valence-electron chi connectivity index (χ1n) is 12.0. The second-order valence-electron chi connectivity index (χ2n) is 8.29. The van der Waals surface area contributed by atoms with Crippen LogP contribution in [0.3, 0.4) is 0 Å². The van der Waals surface area contributed by atoms with Crippen molar-refractivity contribution in [2.45, 2.75) is 130 Å². The van der Waals surface area contributed by atoms with E-state index in [0.717, 1.165) is 0 Å². The lowest BCUT2D eigenvalue weighted by atomic mass is 10.0. The van der Waals surface area contributed by atoms with E-state index in [9.17, 15) is 0 Å². The van der Waals surface area contributed by atoms with E-state index in [1.54, 1.807) is 0 Å². The largest absolute Gasteiger partial charge is 0.356 e. The van der Waals surface area contributed by atoms with Crippen LogP contribution in [0.5, 0.6) is 0 Å². The van der Waals surface area contributed by atoms with Crippen LogP contribution in [0, 0.1) is 0 Å². The standard InChI is InChI=1S/C24H48N2/c1-4-7-8-9-10-11-12-13-14-15-16-17-18-19-24-25(20-5-2)22-23-26(24)21-6-3/h22-24H,4-21H2,1-3H3. The van der Waals surface area contributed by atoms with Gasteiger partial charge in [-0.3, -0.25) is 0 Å². The molecule has 0 aromatic rings. The van der Waals surface area contributed by atoms with Crippen molar-refractivity contribution in [2.24, 2.45) is 0 Å². The van der Waals surface area contributed by atoms with E-state index in [4.69, 9.17) is 0 Å². The number of hydrogen-bond donors (Lipinski definition) is 0. The van der Waals surface area contributed by atoms with Gasteiger partial charge in [-0.15, -0.1) is 0 Å². The van der Waals surface area contributed by atoms with Crippen molar-refractivity contribution in [3.05, 3.63) is 12.4 Å². The molecule has 0 fully saturated rings. The second kappa shape index (κ2) is 16.5. The average molecular weight is 365 g/mol. The average Bonchev–Trinajstić information content (AvgIpc) is 3.01. The molecule has 0 unspecified atom stereocenters. The lowest BCUT2D eigenvalue weighted by Gasteiger charge is -2.32. The molecule has 1 heterocycles. The molecule has 0 saturated carbocycles. The van der Waals surface area contributed by atoms with Crippen molar-refractivity contribution in [3.8, 4) is 0 Å². The van der Waals surface area contributed by atoms with E-state index in [2.05, 4.69) is 43.0 Å². The van der Waals surface area contributed by atoms with Crippen molar-refractivity contribution < 1.29 is 0 Å². The van der Waals surface area contributed by atoms with Crippen LogP contribution in [0.2, 0.25) is 0 Å². The highest BCUT2D eigenvalue weighted by Gasteiger charge is 2.24. The summed E-state index contributed by atoms with van der Waals surface area (Å²) in [5.74, 6) is 0. The van der Waals surface area contributed by atoms with Gasteiger partial charge in [0.1, 0.15) is 6.17 Å². The van der Waals surface area contributed by atoms with Crippen LogP contribution in [0.1, 0.15) is 124 Å². The van der Waals surface area contributed by atoms with Crippen molar-refractivity contribution >= 4 is 0 Å². The van der Waals surface area contributed by atoms with Crippen LogP contribution in [0.25, 0.3) is 0 Å². The fourth-order valence-electron chi connectivity index (χ4n) is 4.20. The zero-order chi connectivity index (χ0) is 18.9. The SMILES string of the molecule is CCCCCCCCCCCCCCCC1N(CCC)C=CN1CCC. The van der Waals surface area contributed by atoms with Gasteiger partial charge in [-0.1, -0.05) is 97.8 Å². The third-order valence-electron chi connectivity index (χ3n) is 5.74. The fraction of sp³-hybridized carbons (Fsp3) is 0.917. The number of rotatable bonds is 18. The monoisotopic (exact) mass is 364 g/mol. The Morgan fingerprint density at radius 2 is 0.885 bits per heavy atom. The Labute approximate surface area is 165 Å². The van der Waals surface area contributed by atoms with Crippen LogP contribution >= 0.6 is 0 Å². The lowest BCUT2D eigenvalue weighted by Crippen LogP contribution is -2.39. The summed E-state index contributed by atoms with van der Waals surface area (Å²) in [6, 6.07) is 0. The maximum Gasteiger partial charge on any atom is 0.101 e. The summed E-state index contributed by atoms with van der Waals surface area (Å²) in [5, 5.41) is 0. The Kier molecular flexibility index (Phi) is 14.8.